The number of hydrogen-bond acceptors (Lipinski definition) is 3. The van der Waals surface area contributed by atoms with Gasteiger partial charge in [0.05, 0.1) is 22.4 Å². The first kappa shape index (κ1) is 13.1. The van der Waals surface area contributed by atoms with Gasteiger partial charge in [-0.25, -0.2) is 13.5 Å². The zero-order valence-electron chi connectivity index (χ0n) is 9.57. The molecule has 7 heteroatoms. The van der Waals surface area contributed by atoms with Gasteiger partial charge in [0.15, 0.2) is 0 Å². The maximum atomic E-state index is 13.7. The van der Waals surface area contributed by atoms with Crippen LogP contribution in [0, 0.1) is 11.6 Å². The third kappa shape index (κ3) is 2.41. The molecular formula is C11H11BrF2N4. The second-order valence-electron chi connectivity index (χ2n) is 3.82. The molecule has 1 heterocycles. The minimum absolute atomic E-state index is 0.00208. The van der Waals surface area contributed by atoms with E-state index in [2.05, 4.69) is 26.2 Å². The number of benzene rings is 1. The highest BCUT2D eigenvalue weighted by Gasteiger charge is 2.14. The van der Waals surface area contributed by atoms with Crippen molar-refractivity contribution in [3.63, 3.8) is 0 Å². The average Bonchev–Trinajstić information content (AvgIpc) is 2.82. The van der Waals surface area contributed by atoms with Gasteiger partial charge in [-0.05, 0) is 28.4 Å². The van der Waals surface area contributed by atoms with Crippen LogP contribution in [0.2, 0.25) is 0 Å². The largest absolute Gasteiger partial charge is 0.323 e. The van der Waals surface area contributed by atoms with E-state index in [0.717, 1.165) is 12.1 Å². The number of hydrogen-bond donors (Lipinski definition) is 1. The number of aromatic nitrogens is 3. The highest BCUT2D eigenvalue weighted by Crippen LogP contribution is 2.22. The smallest absolute Gasteiger partial charge is 0.150 e. The van der Waals surface area contributed by atoms with Gasteiger partial charge in [0.25, 0.3) is 0 Å². The lowest BCUT2D eigenvalue weighted by Crippen LogP contribution is -2.08. The number of rotatable bonds is 3. The third-order valence-electron chi connectivity index (χ3n) is 2.57. The summed E-state index contributed by atoms with van der Waals surface area (Å²) in [6, 6.07) is 1.84. The van der Waals surface area contributed by atoms with Crippen LogP contribution in [-0.2, 0) is 0 Å². The van der Waals surface area contributed by atoms with Crippen LogP contribution in [0.3, 0.4) is 0 Å². The Morgan fingerprint density at radius 3 is 2.78 bits per heavy atom. The molecule has 18 heavy (non-hydrogen) atoms. The molecule has 1 aromatic carbocycles. The average molecular weight is 317 g/mol. The van der Waals surface area contributed by atoms with Crippen molar-refractivity contribution in [1.29, 1.82) is 0 Å². The van der Waals surface area contributed by atoms with Crippen LogP contribution in [-0.4, -0.2) is 15.0 Å². The zero-order valence-corrected chi connectivity index (χ0v) is 11.2. The lowest BCUT2D eigenvalue weighted by Gasteiger charge is -2.04. The van der Waals surface area contributed by atoms with Crippen LogP contribution in [0.4, 0.5) is 8.78 Å². The summed E-state index contributed by atoms with van der Waals surface area (Å²) in [5, 5.41) is 7.60. The standard InChI is InChI=1S/C11H11BrF2N4/c1-2-9(15)10-5-18(17-16-10)11-4-7(13)6(12)3-8(11)14/h3-5,9H,2,15H2,1H3. The Kier molecular flexibility index (Phi) is 3.72. The van der Waals surface area contributed by atoms with Crippen molar-refractivity contribution in [2.45, 2.75) is 19.4 Å². The summed E-state index contributed by atoms with van der Waals surface area (Å²) in [5.41, 5.74) is 6.33. The molecule has 2 aromatic rings. The molecule has 0 aliphatic heterocycles. The van der Waals surface area contributed by atoms with Gasteiger partial charge in [-0.15, -0.1) is 5.10 Å². The van der Waals surface area contributed by atoms with E-state index in [-0.39, 0.29) is 16.2 Å². The van der Waals surface area contributed by atoms with Gasteiger partial charge in [0.2, 0.25) is 0 Å². The maximum absolute atomic E-state index is 13.7. The fraction of sp³-hybridized carbons (Fsp3) is 0.273. The molecule has 0 amide bonds. The first-order valence-corrected chi connectivity index (χ1v) is 6.15. The second kappa shape index (κ2) is 5.11. The number of nitrogens with two attached hydrogens (primary N) is 1. The Morgan fingerprint density at radius 1 is 1.39 bits per heavy atom. The fourth-order valence-corrected chi connectivity index (χ4v) is 1.78. The summed E-state index contributed by atoms with van der Waals surface area (Å²) >= 11 is 2.91. The Labute approximate surface area is 111 Å². The molecule has 0 spiro atoms. The van der Waals surface area contributed by atoms with Gasteiger partial charge in [0, 0.05) is 6.07 Å². The van der Waals surface area contributed by atoms with E-state index in [4.69, 9.17) is 5.73 Å². The zero-order chi connectivity index (χ0) is 13.3. The van der Waals surface area contributed by atoms with Gasteiger partial charge in [-0.1, -0.05) is 12.1 Å². The molecule has 1 unspecified atom stereocenters. The topological polar surface area (TPSA) is 56.7 Å². The molecule has 4 nitrogen and oxygen atoms in total. The molecule has 2 rings (SSSR count). The van der Waals surface area contributed by atoms with Gasteiger partial charge in [-0.3, -0.25) is 0 Å². The molecule has 0 saturated carbocycles. The van der Waals surface area contributed by atoms with E-state index in [1.807, 2.05) is 6.92 Å². The van der Waals surface area contributed by atoms with Crippen molar-refractivity contribution in [2.24, 2.45) is 5.73 Å². The Hall–Kier alpha value is -1.34. The molecule has 96 valence electrons. The van der Waals surface area contributed by atoms with E-state index in [0.29, 0.717) is 12.1 Å². The van der Waals surface area contributed by atoms with Crippen LogP contribution in [0.1, 0.15) is 25.1 Å². The van der Waals surface area contributed by atoms with E-state index < -0.39 is 11.6 Å². The minimum atomic E-state index is -0.593. The molecule has 0 bridgehead atoms. The second-order valence-corrected chi connectivity index (χ2v) is 4.67. The SMILES string of the molecule is CCC(N)c1cn(-c2cc(F)c(Br)cc2F)nn1. The Morgan fingerprint density at radius 2 is 2.11 bits per heavy atom. The molecule has 2 N–H and O–H groups in total. The molecule has 0 saturated heterocycles. The molecule has 1 atom stereocenters. The summed E-state index contributed by atoms with van der Waals surface area (Å²) in [6.45, 7) is 1.91. The van der Waals surface area contributed by atoms with Gasteiger partial charge >= 0.3 is 0 Å². The molecule has 0 aliphatic carbocycles. The van der Waals surface area contributed by atoms with E-state index >= 15 is 0 Å². The Balaban J connectivity index is 2.43. The molecular weight excluding hydrogens is 306 g/mol. The fourth-order valence-electron chi connectivity index (χ4n) is 1.46. The maximum Gasteiger partial charge on any atom is 0.150 e. The predicted octanol–water partition coefficient (Wildman–Crippen LogP) is 2.72. The van der Waals surface area contributed by atoms with Crippen molar-refractivity contribution in [3.8, 4) is 5.69 Å². The molecule has 1 aromatic heterocycles. The normalized spacial score (nSPS) is 12.7. The minimum Gasteiger partial charge on any atom is -0.323 e. The van der Waals surface area contributed by atoms with Crippen molar-refractivity contribution in [3.05, 3.63) is 40.1 Å². The summed E-state index contributed by atoms with van der Waals surface area (Å²) in [4.78, 5) is 0. The van der Waals surface area contributed by atoms with Crippen LogP contribution in [0.5, 0.6) is 0 Å². The van der Waals surface area contributed by atoms with Crippen LogP contribution in [0.15, 0.2) is 22.8 Å². The summed E-state index contributed by atoms with van der Waals surface area (Å²) < 4.78 is 28.3. The Bertz CT molecular complexity index is 570. The van der Waals surface area contributed by atoms with Gasteiger partial charge in [-0.2, -0.15) is 0 Å². The van der Waals surface area contributed by atoms with E-state index in [1.54, 1.807) is 0 Å². The monoisotopic (exact) mass is 316 g/mol. The highest BCUT2D eigenvalue weighted by atomic mass is 79.9. The van der Waals surface area contributed by atoms with Crippen LogP contribution < -0.4 is 5.73 Å². The van der Waals surface area contributed by atoms with E-state index in [9.17, 15) is 8.78 Å². The number of halogens is 3. The number of nitrogens with zero attached hydrogens (tertiary/aromatic N) is 3. The molecule has 0 radical (unpaired) electrons. The predicted molar refractivity (Wildman–Crippen MR) is 66.2 cm³/mol. The first-order chi connectivity index (χ1) is 8.52. The van der Waals surface area contributed by atoms with Crippen molar-refractivity contribution in [2.75, 3.05) is 0 Å². The quantitative estimate of drug-likeness (QED) is 0.886. The first-order valence-electron chi connectivity index (χ1n) is 5.35. The van der Waals surface area contributed by atoms with Gasteiger partial charge < -0.3 is 5.73 Å². The van der Waals surface area contributed by atoms with Crippen LogP contribution >= 0.6 is 15.9 Å². The van der Waals surface area contributed by atoms with Crippen molar-refractivity contribution in [1.82, 2.24) is 15.0 Å². The summed E-state index contributed by atoms with van der Waals surface area (Å²) in [6.07, 6.45) is 2.19. The summed E-state index contributed by atoms with van der Waals surface area (Å²) in [5.74, 6) is -1.16. The van der Waals surface area contributed by atoms with Crippen LogP contribution in [0.25, 0.3) is 5.69 Å². The molecule has 0 aliphatic rings. The van der Waals surface area contributed by atoms with E-state index in [1.165, 1.54) is 10.9 Å². The highest BCUT2D eigenvalue weighted by molar-refractivity contribution is 9.10. The summed E-state index contributed by atoms with van der Waals surface area (Å²) in [7, 11) is 0. The van der Waals surface area contributed by atoms with Gasteiger partial charge in [0.1, 0.15) is 17.3 Å². The molecule has 0 fully saturated rings. The van der Waals surface area contributed by atoms with Crippen molar-refractivity contribution < 1.29 is 8.78 Å². The lowest BCUT2D eigenvalue weighted by atomic mass is 10.2. The van der Waals surface area contributed by atoms with Crippen molar-refractivity contribution >= 4 is 15.9 Å². The third-order valence-corrected chi connectivity index (χ3v) is 3.18. The lowest BCUT2D eigenvalue weighted by molar-refractivity contribution is 0.579.